The van der Waals surface area contributed by atoms with Gasteiger partial charge in [-0.05, 0) is 23.6 Å². The van der Waals surface area contributed by atoms with Gasteiger partial charge in [-0.1, -0.05) is 44.2 Å². The van der Waals surface area contributed by atoms with Gasteiger partial charge in [-0.15, -0.1) is 0 Å². The molecule has 1 aliphatic heterocycles. The zero-order valence-corrected chi connectivity index (χ0v) is 16.9. The Morgan fingerprint density at radius 3 is 2.57 bits per heavy atom. The third-order valence-corrected chi connectivity index (χ3v) is 5.01. The average molecular weight is 383 g/mol. The van der Waals surface area contributed by atoms with Crippen LogP contribution in [0.15, 0.2) is 48.7 Å². The lowest BCUT2D eigenvalue weighted by Gasteiger charge is -2.38. The molecule has 0 aliphatic carbocycles. The second-order valence-corrected chi connectivity index (χ2v) is 7.63. The highest BCUT2D eigenvalue weighted by atomic mass is 16.5. The summed E-state index contributed by atoms with van der Waals surface area (Å²) in [6.45, 7) is 6.06. The molecule has 0 fully saturated rings. The van der Waals surface area contributed by atoms with Crippen molar-refractivity contribution in [2.75, 3.05) is 33.4 Å². The molecule has 0 N–H and O–H groups in total. The van der Waals surface area contributed by atoms with Crippen molar-refractivity contribution < 1.29 is 14.3 Å². The first-order valence-electron chi connectivity index (χ1n) is 9.77. The van der Waals surface area contributed by atoms with Crippen LogP contribution < -0.4 is 0 Å². The molecular weight excluding hydrogens is 354 g/mol. The molecule has 0 radical (unpaired) electrons. The van der Waals surface area contributed by atoms with E-state index in [0.29, 0.717) is 13.1 Å². The van der Waals surface area contributed by atoms with Crippen molar-refractivity contribution in [2.24, 2.45) is 5.92 Å². The van der Waals surface area contributed by atoms with Gasteiger partial charge in [-0.3, -0.25) is 9.59 Å². The van der Waals surface area contributed by atoms with Crippen molar-refractivity contribution >= 4 is 11.8 Å². The fourth-order valence-electron chi connectivity index (χ4n) is 3.80. The second kappa shape index (κ2) is 9.06. The van der Waals surface area contributed by atoms with E-state index >= 15 is 0 Å². The molecule has 1 aromatic heterocycles. The molecule has 0 bridgehead atoms. The van der Waals surface area contributed by atoms with E-state index in [2.05, 4.69) is 29.0 Å². The largest absolute Gasteiger partial charge is 0.375 e. The van der Waals surface area contributed by atoms with Crippen LogP contribution in [0.1, 0.15) is 31.1 Å². The number of amides is 2. The van der Waals surface area contributed by atoms with Crippen LogP contribution in [0.2, 0.25) is 0 Å². The van der Waals surface area contributed by atoms with E-state index in [1.165, 1.54) is 7.11 Å². The highest BCUT2D eigenvalue weighted by molar-refractivity contribution is 5.86. The highest BCUT2D eigenvalue weighted by Gasteiger charge is 2.33. The number of methoxy groups -OCH3 is 1. The summed E-state index contributed by atoms with van der Waals surface area (Å²) in [5.74, 6) is 0.0877. The molecule has 3 rings (SSSR count). The highest BCUT2D eigenvalue weighted by Crippen LogP contribution is 2.32. The average Bonchev–Trinajstić information content (AvgIpc) is 3.16. The number of ether oxygens (including phenoxy) is 1. The van der Waals surface area contributed by atoms with Crippen molar-refractivity contribution in [3.05, 3.63) is 59.9 Å². The Kier molecular flexibility index (Phi) is 6.52. The number of hydrogen-bond acceptors (Lipinski definition) is 3. The van der Waals surface area contributed by atoms with Crippen LogP contribution in [0, 0.1) is 5.92 Å². The summed E-state index contributed by atoms with van der Waals surface area (Å²) in [5.41, 5.74) is 2.18. The lowest BCUT2D eigenvalue weighted by atomic mass is 10.00. The van der Waals surface area contributed by atoms with Gasteiger partial charge in [0.1, 0.15) is 6.61 Å². The molecule has 0 saturated carbocycles. The maximum Gasteiger partial charge on any atom is 0.249 e. The summed E-state index contributed by atoms with van der Waals surface area (Å²) in [6.07, 6.45) is 2.06. The van der Waals surface area contributed by atoms with Crippen LogP contribution in [0.3, 0.4) is 0 Å². The van der Waals surface area contributed by atoms with Gasteiger partial charge in [-0.25, -0.2) is 0 Å². The predicted molar refractivity (Wildman–Crippen MR) is 108 cm³/mol. The molecule has 150 valence electrons. The van der Waals surface area contributed by atoms with Crippen molar-refractivity contribution in [1.82, 2.24) is 14.4 Å². The van der Waals surface area contributed by atoms with Gasteiger partial charge in [0, 0.05) is 38.6 Å². The number of hydrogen-bond donors (Lipinski definition) is 0. The molecule has 6 heteroatoms. The maximum absolute atomic E-state index is 13.3. The summed E-state index contributed by atoms with van der Waals surface area (Å²) in [5, 5.41) is 0. The van der Waals surface area contributed by atoms with E-state index in [9.17, 15) is 9.59 Å². The fourth-order valence-corrected chi connectivity index (χ4v) is 3.80. The van der Waals surface area contributed by atoms with Crippen molar-refractivity contribution in [3.8, 4) is 0 Å². The van der Waals surface area contributed by atoms with Gasteiger partial charge in [0.2, 0.25) is 11.8 Å². The monoisotopic (exact) mass is 383 g/mol. The minimum absolute atomic E-state index is 0.00896. The lowest BCUT2D eigenvalue weighted by Crippen LogP contribution is -2.49. The number of carbonyl (C=O) groups is 2. The first-order chi connectivity index (χ1) is 13.5. The number of fused-ring (bicyclic) bond motifs is 1. The van der Waals surface area contributed by atoms with Crippen molar-refractivity contribution in [1.29, 1.82) is 0 Å². The Labute approximate surface area is 166 Å². The maximum atomic E-state index is 13.3. The lowest BCUT2D eigenvalue weighted by molar-refractivity contribution is -0.144. The van der Waals surface area contributed by atoms with E-state index in [1.807, 2.05) is 43.0 Å². The van der Waals surface area contributed by atoms with Gasteiger partial charge < -0.3 is 19.1 Å². The molecule has 28 heavy (non-hydrogen) atoms. The number of carbonyl (C=O) groups excluding carboxylic acids is 2. The summed E-state index contributed by atoms with van der Waals surface area (Å²) < 4.78 is 7.20. The number of aromatic nitrogens is 1. The van der Waals surface area contributed by atoms with Crippen LogP contribution in [-0.4, -0.2) is 59.5 Å². The SMILES string of the molecule is COCC(=O)N(CC(=O)N1CCn2cccc2[C@H]1c1ccccc1)CC(C)C. The van der Waals surface area contributed by atoms with E-state index in [-0.39, 0.29) is 36.9 Å². The van der Waals surface area contributed by atoms with Crippen LogP contribution in [0.5, 0.6) is 0 Å². The van der Waals surface area contributed by atoms with Gasteiger partial charge in [-0.2, -0.15) is 0 Å². The Balaban J connectivity index is 1.85. The Morgan fingerprint density at radius 2 is 1.89 bits per heavy atom. The van der Waals surface area contributed by atoms with E-state index in [4.69, 9.17) is 4.74 Å². The Morgan fingerprint density at radius 1 is 1.14 bits per heavy atom. The second-order valence-electron chi connectivity index (χ2n) is 7.63. The molecule has 0 saturated heterocycles. The molecule has 2 aromatic rings. The first kappa shape index (κ1) is 20.1. The van der Waals surface area contributed by atoms with E-state index < -0.39 is 0 Å². The quantitative estimate of drug-likeness (QED) is 0.738. The molecule has 2 heterocycles. The van der Waals surface area contributed by atoms with Gasteiger partial charge in [0.25, 0.3) is 0 Å². The van der Waals surface area contributed by atoms with Crippen LogP contribution in [0.4, 0.5) is 0 Å². The molecule has 1 atom stereocenters. The number of rotatable bonds is 7. The van der Waals surface area contributed by atoms with E-state index in [1.54, 1.807) is 4.90 Å². The molecule has 0 spiro atoms. The number of nitrogens with zero attached hydrogens (tertiary/aromatic N) is 3. The van der Waals surface area contributed by atoms with Crippen LogP contribution in [-0.2, 0) is 20.9 Å². The molecule has 2 amide bonds. The minimum atomic E-state index is -0.152. The molecular formula is C22H29N3O3. The number of benzene rings is 1. The summed E-state index contributed by atoms with van der Waals surface area (Å²) >= 11 is 0. The zero-order chi connectivity index (χ0) is 20.1. The van der Waals surface area contributed by atoms with Crippen molar-refractivity contribution in [2.45, 2.75) is 26.4 Å². The van der Waals surface area contributed by atoms with Gasteiger partial charge in [0.05, 0.1) is 12.6 Å². The summed E-state index contributed by atoms with van der Waals surface area (Å²) in [7, 11) is 1.50. The fraction of sp³-hybridized carbons (Fsp3) is 0.455. The minimum Gasteiger partial charge on any atom is -0.375 e. The van der Waals surface area contributed by atoms with Crippen LogP contribution >= 0.6 is 0 Å². The normalized spacial score (nSPS) is 16.1. The molecule has 1 aromatic carbocycles. The molecule has 0 unspecified atom stereocenters. The van der Waals surface area contributed by atoms with Crippen molar-refractivity contribution in [3.63, 3.8) is 0 Å². The standard InChI is InChI=1S/C22H29N3O3/c1-17(2)14-24(21(27)16-28-3)15-20(26)25-13-12-23-11-7-10-19(23)22(25)18-8-5-4-6-9-18/h4-11,17,22H,12-16H2,1-3H3/t22-/m1/s1. The molecule has 1 aliphatic rings. The summed E-state index contributed by atoms with van der Waals surface area (Å²) in [4.78, 5) is 29.2. The third-order valence-electron chi connectivity index (χ3n) is 5.01. The Bertz CT molecular complexity index is 800. The van der Waals surface area contributed by atoms with Crippen LogP contribution in [0.25, 0.3) is 0 Å². The third kappa shape index (κ3) is 4.44. The smallest absolute Gasteiger partial charge is 0.249 e. The Hall–Kier alpha value is -2.60. The van der Waals surface area contributed by atoms with E-state index in [0.717, 1.165) is 17.8 Å². The first-order valence-corrected chi connectivity index (χ1v) is 9.77. The molecule has 6 nitrogen and oxygen atoms in total. The zero-order valence-electron chi connectivity index (χ0n) is 16.9. The van der Waals surface area contributed by atoms with Gasteiger partial charge >= 0.3 is 0 Å². The predicted octanol–water partition coefficient (Wildman–Crippen LogP) is 2.55. The summed E-state index contributed by atoms with van der Waals surface area (Å²) in [6, 6.07) is 14.0. The topological polar surface area (TPSA) is 54.8 Å². The van der Waals surface area contributed by atoms with Gasteiger partial charge in [0.15, 0.2) is 0 Å².